The Morgan fingerprint density at radius 3 is 3.03 bits per heavy atom. The number of benzene rings is 1. The number of hydrogen-bond donors (Lipinski definition) is 0. The molecule has 148 valence electrons. The Hall–Kier alpha value is -2.83. The zero-order valence-electron chi connectivity index (χ0n) is 16.5. The summed E-state index contributed by atoms with van der Waals surface area (Å²) in [4.78, 5) is 16.3. The van der Waals surface area contributed by atoms with Crippen molar-refractivity contribution in [1.29, 1.82) is 0 Å². The molecule has 0 N–H and O–H groups in total. The van der Waals surface area contributed by atoms with Gasteiger partial charge in [0, 0.05) is 42.8 Å². The summed E-state index contributed by atoms with van der Waals surface area (Å²) in [5.74, 6) is 1.64. The number of hydrogen-bond acceptors (Lipinski definition) is 6. The normalized spacial score (nSPS) is 21.3. The van der Waals surface area contributed by atoms with E-state index in [9.17, 15) is 0 Å². The summed E-state index contributed by atoms with van der Waals surface area (Å²) in [6.07, 6.45) is 6.55. The van der Waals surface area contributed by atoms with Gasteiger partial charge in [0.2, 0.25) is 0 Å². The second-order valence-electron chi connectivity index (χ2n) is 7.89. The van der Waals surface area contributed by atoms with Crippen LogP contribution in [0.2, 0.25) is 0 Å². The van der Waals surface area contributed by atoms with Crippen LogP contribution in [0, 0.1) is 0 Å². The average Bonchev–Trinajstić information content (AvgIpc) is 3.17. The predicted molar refractivity (Wildman–Crippen MR) is 109 cm³/mol. The van der Waals surface area contributed by atoms with Gasteiger partial charge in [-0.3, -0.25) is 9.88 Å². The second kappa shape index (κ2) is 7.54. The quantitative estimate of drug-likeness (QED) is 0.684. The van der Waals surface area contributed by atoms with Crippen LogP contribution in [0.4, 0.5) is 0 Å². The molecule has 2 aliphatic heterocycles. The highest BCUT2D eigenvalue weighted by Gasteiger charge is 2.44. The first-order chi connectivity index (χ1) is 14.3. The summed E-state index contributed by atoms with van der Waals surface area (Å²) < 4.78 is 11.3. The van der Waals surface area contributed by atoms with Gasteiger partial charge in [0.15, 0.2) is 5.82 Å². The van der Waals surface area contributed by atoms with Crippen molar-refractivity contribution < 1.29 is 9.47 Å². The molecule has 1 saturated heterocycles. The second-order valence-corrected chi connectivity index (χ2v) is 7.89. The van der Waals surface area contributed by atoms with Gasteiger partial charge in [0.05, 0.1) is 31.4 Å². The Morgan fingerprint density at radius 2 is 2.17 bits per heavy atom. The molecule has 1 unspecified atom stereocenters. The third-order valence-corrected chi connectivity index (χ3v) is 5.90. The van der Waals surface area contributed by atoms with Crippen molar-refractivity contribution >= 4 is 0 Å². The van der Waals surface area contributed by atoms with Crippen LogP contribution in [-0.4, -0.2) is 46.7 Å². The highest BCUT2D eigenvalue weighted by molar-refractivity contribution is 5.54. The molecule has 0 aliphatic carbocycles. The van der Waals surface area contributed by atoms with Crippen molar-refractivity contribution in [1.82, 2.24) is 19.9 Å². The molecule has 0 saturated carbocycles. The van der Waals surface area contributed by atoms with E-state index in [0.29, 0.717) is 13.2 Å². The fourth-order valence-electron chi connectivity index (χ4n) is 4.46. The number of fused-ring (bicyclic) bond motifs is 2. The maximum absolute atomic E-state index is 5.98. The molecule has 4 heterocycles. The molecule has 0 amide bonds. The van der Waals surface area contributed by atoms with Gasteiger partial charge in [-0.2, -0.15) is 0 Å². The van der Waals surface area contributed by atoms with Crippen molar-refractivity contribution in [3.8, 4) is 17.1 Å². The Bertz CT molecular complexity index is 1010. The van der Waals surface area contributed by atoms with Gasteiger partial charge in [0.25, 0.3) is 0 Å². The lowest BCUT2D eigenvalue weighted by Crippen LogP contribution is -2.40. The minimum absolute atomic E-state index is 0.0770. The first-order valence-corrected chi connectivity index (χ1v) is 9.96. The first-order valence-electron chi connectivity index (χ1n) is 9.96. The molecule has 6 heteroatoms. The average molecular weight is 388 g/mol. The minimum atomic E-state index is -0.0770. The van der Waals surface area contributed by atoms with E-state index in [0.717, 1.165) is 54.4 Å². The van der Waals surface area contributed by atoms with Crippen LogP contribution in [0.5, 0.6) is 5.75 Å². The summed E-state index contributed by atoms with van der Waals surface area (Å²) >= 11 is 0. The summed E-state index contributed by atoms with van der Waals surface area (Å²) in [6, 6.07) is 12.2. The zero-order valence-corrected chi connectivity index (χ0v) is 16.5. The Labute approximate surface area is 170 Å². The van der Waals surface area contributed by atoms with Crippen LogP contribution < -0.4 is 4.74 Å². The van der Waals surface area contributed by atoms with Gasteiger partial charge < -0.3 is 9.47 Å². The number of aromatic nitrogens is 3. The third kappa shape index (κ3) is 3.50. The minimum Gasteiger partial charge on any atom is -0.497 e. The third-order valence-electron chi connectivity index (χ3n) is 5.90. The maximum Gasteiger partial charge on any atom is 0.160 e. The van der Waals surface area contributed by atoms with Crippen LogP contribution in [0.25, 0.3) is 11.4 Å². The molecular weight excluding hydrogens is 364 g/mol. The molecule has 1 atom stereocenters. The smallest absolute Gasteiger partial charge is 0.160 e. The highest BCUT2D eigenvalue weighted by Crippen LogP contribution is 2.40. The number of nitrogens with zero attached hydrogens (tertiary/aromatic N) is 4. The van der Waals surface area contributed by atoms with Gasteiger partial charge in [-0.05, 0) is 42.8 Å². The Kier molecular flexibility index (Phi) is 4.73. The fourth-order valence-corrected chi connectivity index (χ4v) is 4.46. The Balaban J connectivity index is 1.42. The molecule has 5 rings (SSSR count). The van der Waals surface area contributed by atoms with Gasteiger partial charge in [-0.15, -0.1) is 0 Å². The summed E-state index contributed by atoms with van der Waals surface area (Å²) in [7, 11) is 1.71. The van der Waals surface area contributed by atoms with Crippen LogP contribution in [-0.2, 0) is 23.3 Å². The summed E-state index contributed by atoms with van der Waals surface area (Å²) in [6.45, 7) is 4.14. The summed E-state index contributed by atoms with van der Waals surface area (Å²) in [5.41, 5.74) is 4.38. The SMILES string of the molecule is COc1cccc(CN2CCC3(COCc4cnc(-c5cccnc5)nc43)C2)c1. The van der Waals surface area contributed by atoms with Gasteiger partial charge >= 0.3 is 0 Å². The van der Waals surface area contributed by atoms with Crippen LogP contribution in [0.15, 0.2) is 55.0 Å². The topological polar surface area (TPSA) is 60.4 Å². The molecule has 1 spiro atoms. The molecule has 1 fully saturated rings. The van der Waals surface area contributed by atoms with Crippen molar-refractivity contribution in [2.75, 3.05) is 26.8 Å². The lowest BCUT2D eigenvalue weighted by Gasteiger charge is -2.34. The monoisotopic (exact) mass is 388 g/mol. The van der Waals surface area contributed by atoms with E-state index in [1.807, 2.05) is 36.7 Å². The van der Waals surface area contributed by atoms with E-state index in [4.69, 9.17) is 14.5 Å². The van der Waals surface area contributed by atoms with E-state index >= 15 is 0 Å². The fraction of sp³-hybridized carbons (Fsp3) is 0.348. The standard InChI is InChI=1S/C23H24N4O2/c1-28-20-6-2-4-17(10-20)13-27-9-7-23(15-27)16-29-14-19-12-25-22(26-21(19)23)18-5-3-8-24-11-18/h2-6,8,10-12H,7,9,13-16H2,1H3. The van der Waals surface area contributed by atoms with Crippen molar-refractivity contribution in [2.24, 2.45) is 0 Å². The van der Waals surface area contributed by atoms with Crippen LogP contribution >= 0.6 is 0 Å². The maximum atomic E-state index is 5.98. The lowest BCUT2D eigenvalue weighted by atomic mass is 9.80. The molecule has 3 aromatic rings. The van der Waals surface area contributed by atoms with Crippen molar-refractivity contribution in [2.45, 2.75) is 25.0 Å². The highest BCUT2D eigenvalue weighted by atomic mass is 16.5. The number of methoxy groups -OCH3 is 1. The van der Waals surface area contributed by atoms with Crippen molar-refractivity contribution in [3.63, 3.8) is 0 Å². The zero-order chi connectivity index (χ0) is 19.7. The molecule has 6 nitrogen and oxygen atoms in total. The van der Waals surface area contributed by atoms with E-state index in [1.165, 1.54) is 5.56 Å². The van der Waals surface area contributed by atoms with Gasteiger partial charge in [0.1, 0.15) is 5.75 Å². The Morgan fingerprint density at radius 1 is 1.21 bits per heavy atom. The predicted octanol–water partition coefficient (Wildman–Crippen LogP) is 3.22. The lowest BCUT2D eigenvalue weighted by molar-refractivity contribution is 0.0503. The summed E-state index contributed by atoms with van der Waals surface area (Å²) in [5, 5.41) is 0. The molecule has 2 aliphatic rings. The first kappa shape index (κ1) is 18.2. The molecule has 0 bridgehead atoms. The van der Waals surface area contributed by atoms with Gasteiger partial charge in [-0.25, -0.2) is 9.97 Å². The van der Waals surface area contributed by atoms with Gasteiger partial charge in [-0.1, -0.05) is 12.1 Å². The number of likely N-dealkylation sites (tertiary alicyclic amines) is 1. The van der Waals surface area contributed by atoms with Crippen molar-refractivity contribution in [3.05, 3.63) is 71.8 Å². The molecule has 1 aromatic carbocycles. The van der Waals surface area contributed by atoms with E-state index in [2.05, 4.69) is 27.0 Å². The largest absolute Gasteiger partial charge is 0.497 e. The molecule has 2 aromatic heterocycles. The number of pyridine rings is 1. The van der Waals surface area contributed by atoms with E-state index in [1.54, 1.807) is 13.3 Å². The van der Waals surface area contributed by atoms with Crippen LogP contribution in [0.3, 0.4) is 0 Å². The van der Waals surface area contributed by atoms with E-state index in [-0.39, 0.29) is 5.41 Å². The van der Waals surface area contributed by atoms with E-state index < -0.39 is 0 Å². The van der Waals surface area contributed by atoms with Crippen LogP contribution in [0.1, 0.15) is 23.2 Å². The molecule has 29 heavy (non-hydrogen) atoms. The molecule has 0 radical (unpaired) electrons. The number of rotatable bonds is 4. The number of ether oxygens (including phenoxy) is 2. The molecular formula is C23H24N4O2.